The van der Waals surface area contributed by atoms with Crippen molar-refractivity contribution in [3.05, 3.63) is 35.6 Å². The maximum atomic E-state index is 13.9. The minimum atomic E-state index is -0.0555. The van der Waals surface area contributed by atoms with Gasteiger partial charge in [-0.1, -0.05) is 37.5 Å². The number of nitrogens with one attached hydrogen (secondary N) is 1. The minimum Gasteiger partial charge on any atom is -0.316 e. The largest absolute Gasteiger partial charge is 0.316 e. The summed E-state index contributed by atoms with van der Waals surface area (Å²) in [6.45, 7) is 4.14. The molecule has 3 heteroatoms. The van der Waals surface area contributed by atoms with E-state index in [-0.39, 0.29) is 5.82 Å². The molecule has 2 fully saturated rings. The zero-order valence-electron chi connectivity index (χ0n) is 12.2. The van der Waals surface area contributed by atoms with Gasteiger partial charge in [-0.25, -0.2) is 4.39 Å². The van der Waals surface area contributed by atoms with Gasteiger partial charge in [0, 0.05) is 37.8 Å². The van der Waals surface area contributed by atoms with Crippen molar-refractivity contribution in [1.82, 2.24) is 10.2 Å². The summed E-state index contributed by atoms with van der Waals surface area (Å²) < 4.78 is 13.9. The summed E-state index contributed by atoms with van der Waals surface area (Å²) in [7, 11) is 0. The van der Waals surface area contributed by atoms with E-state index in [0.29, 0.717) is 6.04 Å². The Bertz CT molecular complexity index is 425. The average molecular weight is 276 g/mol. The van der Waals surface area contributed by atoms with Gasteiger partial charge >= 0.3 is 0 Å². The molecule has 1 aliphatic carbocycles. The Hall–Kier alpha value is -0.930. The van der Waals surface area contributed by atoms with Gasteiger partial charge in [0.1, 0.15) is 5.82 Å². The highest BCUT2D eigenvalue weighted by Crippen LogP contribution is 2.26. The first-order valence-electron chi connectivity index (χ1n) is 8.01. The highest BCUT2D eigenvalue weighted by molar-refractivity contribution is 5.17. The van der Waals surface area contributed by atoms with E-state index in [9.17, 15) is 4.39 Å². The smallest absolute Gasteiger partial charge is 0.127 e. The first-order chi connectivity index (χ1) is 9.83. The maximum absolute atomic E-state index is 13.9. The minimum absolute atomic E-state index is 0.0555. The lowest BCUT2D eigenvalue weighted by molar-refractivity contribution is 0.108. The van der Waals surface area contributed by atoms with Crippen molar-refractivity contribution in [2.75, 3.05) is 19.6 Å². The van der Waals surface area contributed by atoms with Crippen LogP contribution < -0.4 is 5.32 Å². The predicted octanol–water partition coefficient (Wildman–Crippen LogP) is 3.18. The van der Waals surface area contributed by atoms with E-state index in [2.05, 4.69) is 10.2 Å². The van der Waals surface area contributed by atoms with Crippen molar-refractivity contribution in [1.29, 1.82) is 0 Å². The van der Waals surface area contributed by atoms with Gasteiger partial charge in [0.15, 0.2) is 0 Å². The molecule has 0 amide bonds. The lowest BCUT2D eigenvalue weighted by atomic mass is 9.92. The highest BCUT2D eigenvalue weighted by Gasteiger charge is 2.27. The van der Waals surface area contributed by atoms with Crippen LogP contribution in [-0.2, 0) is 6.54 Å². The fourth-order valence-electron chi connectivity index (χ4n) is 3.44. The number of hydrogen-bond acceptors (Lipinski definition) is 2. The van der Waals surface area contributed by atoms with E-state index in [1.54, 1.807) is 12.1 Å². The third-order valence-corrected chi connectivity index (χ3v) is 4.78. The van der Waals surface area contributed by atoms with Crippen LogP contribution in [0.5, 0.6) is 0 Å². The first-order valence-corrected chi connectivity index (χ1v) is 8.01. The number of hydrogen-bond donors (Lipinski definition) is 1. The second-order valence-electron chi connectivity index (χ2n) is 6.34. The van der Waals surface area contributed by atoms with E-state index in [1.807, 2.05) is 12.1 Å². The van der Waals surface area contributed by atoms with Crippen molar-refractivity contribution >= 4 is 0 Å². The van der Waals surface area contributed by atoms with Crippen molar-refractivity contribution in [3.63, 3.8) is 0 Å². The summed E-state index contributed by atoms with van der Waals surface area (Å²) in [6.07, 6.45) is 6.61. The summed E-state index contributed by atoms with van der Waals surface area (Å²) in [6, 6.07) is 7.90. The SMILES string of the molecule is Fc1ccccc1CN(CC1CNC1)C1CCCCC1. The van der Waals surface area contributed by atoms with Gasteiger partial charge in [-0.3, -0.25) is 4.90 Å². The fraction of sp³-hybridized carbons (Fsp3) is 0.647. The molecule has 1 N–H and O–H groups in total. The maximum Gasteiger partial charge on any atom is 0.127 e. The Morgan fingerprint density at radius 3 is 2.50 bits per heavy atom. The summed E-state index contributed by atoms with van der Waals surface area (Å²) in [5, 5.41) is 3.34. The molecule has 1 aromatic carbocycles. The van der Waals surface area contributed by atoms with Crippen LogP contribution in [-0.4, -0.2) is 30.6 Å². The molecular weight excluding hydrogens is 251 g/mol. The van der Waals surface area contributed by atoms with Crippen LogP contribution in [0.4, 0.5) is 4.39 Å². The van der Waals surface area contributed by atoms with Gasteiger partial charge < -0.3 is 5.32 Å². The monoisotopic (exact) mass is 276 g/mol. The van der Waals surface area contributed by atoms with E-state index < -0.39 is 0 Å². The highest BCUT2D eigenvalue weighted by atomic mass is 19.1. The average Bonchev–Trinajstić information content (AvgIpc) is 2.44. The zero-order chi connectivity index (χ0) is 13.8. The van der Waals surface area contributed by atoms with Gasteiger partial charge in [0.05, 0.1) is 0 Å². The van der Waals surface area contributed by atoms with Crippen molar-refractivity contribution < 1.29 is 4.39 Å². The Kier molecular flexibility index (Phi) is 4.69. The van der Waals surface area contributed by atoms with E-state index in [1.165, 1.54) is 32.1 Å². The molecule has 0 spiro atoms. The molecule has 0 unspecified atom stereocenters. The molecular formula is C17H25FN2. The lowest BCUT2D eigenvalue weighted by Gasteiger charge is -2.39. The van der Waals surface area contributed by atoms with Crippen LogP contribution in [0, 0.1) is 11.7 Å². The molecule has 0 atom stereocenters. The van der Waals surface area contributed by atoms with Crippen LogP contribution >= 0.6 is 0 Å². The quantitative estimate of drug-likeness (QED) is 0.888. The van der Waals surface area contributed by atoms with Gasteiger partial charge in [0.25, 0.3) is 0 Å². The van der Waals surface area contributed by atoms with Crippen molar-refractivity contribution in [2.24, 2.45) is 5.92 Å². The molecule has 1 aliphatic heterocycles. The predicted molar refractivity (Wildman–Crippen MR) is 80.0 cm³/mol. The lowest BCUT2D eigenvalue weighted by Crippen LogP contribution is -2.50. The molecule has 1 aromatic rings. The van der Waals surface area contributed by atoms with Gasteiger partial charge in [0.2, 0.25) is 0 Å². The molecule has 1 heterocycles. The summed E-state index contributed by atoms with van der Waals surface area (Å²) in [5.74, 6) is 0.698. The Labute approximate surface area is 121 Å². The van der Waals surface area contributed by atoms with Crippen LogP contribution in [0.1, 0.15) is 37.7 Å². The third-order valence-electron chi connectivity index (χ3n) is 4.78. The number of rotatable bonds is 5. The second kappa shape index (κ2) is 6.68. The molecule has 0 radical (unpaired) electrons. The van der Waals surface area contributed by atoms with Gasteiger partial charge in [-0.2, -0.15) is 0 Å². The molecule has 2 aliphatic rings. The van der Waals surface area contributed by atoms with Crippen molar-refractivity contribution in [3.8, 4) is 0 Å². The second-order valence-corrected chi connectivity index (χ2v) is 6.34. The number of halogens is 1. The molecule has 0 bridgehead atoms. The van der Waals surface area contributed by atoms with Crippen LogP contribution in [0.25, 0.3) is 0 Å². The third kappa shape index (κ3) is 3.39. The zero-order valence-corrected chi connectivity index (χ0v) is 12.2. The summed E-state index contributed by atoms with van der Waals surface area (Å²) >= 11 is 0. The molecule has 3 rings (SSSR count). The molecule has 110 valence electrons. The van der Waals surface area contributed by atoms with E-state index >= 15 is 0 Å². The van der Waals surface area contributed by atoms with Crippen LogP contribution in [0.3, 0.4) is 0 Å². The molecule has 20 heavy (non-hydrogen) atoms. The first kappa shape index (κ1) is 14.0. The fourth-order valence-corrected chi connectivity index (χ4v) is 3.44. The Balaban J connectivity index is 1.68. The Morgan fingerprint density at radius 2 is 1.85 bits per heavy atom. The summed E-state index contributed by atoms with van der Waals surface area (Å²) in [4.78, 5) is 2.54. The molecule has 1 saturated heterocycles. The van der Waals surface area contributed by atoms with E-state index in [4.69, 9.17) is 0 Å². The summed E-state index contributed by atoms with van der Waals surface area (Å²) in [5.41, 5.74) is 0.852. The standard InChI is InChI=1S/C17H25FN2/c18-17-9-5-4-6-15(17)13-20(12-14-10-19-11-14)16-7-2-1-3-8-16/h4-6,9,14,16,19H,1-3,7-8,10-13H2. The normalized spacial score (nSPS) is 21.1. The topological polar surface area (TPSA) is 15.3 Å². The van der Waals surface area contributed by atoms with Crippen molar-refractivity contribution in [2.45, 2.75) is 44.7 Å². The molecule has 0 aromatic heterocycles. The van der Waals surface area contributed by atoms with E-state index in [0.717, 1.165) is 37.7 Å². The molecule has 2 nitrogen and oxygen atoms in total. The Morgan fingerprint density at radius 1 is 1.10 bits per heavy atom. The number of benzene rings is 1. The van der Waals surface area contributed by atoms with Gasteiger partial charge in [-0.05, 0) is 24.8 Å². The van der Waals surface area contributed by atoms with Crippen LogP contribution in [0.2, 0.25) is 0 Å². The molecule has 1 saturated carbocycles. The number of nitrogens with zero attached hydrogens (tertiary/aromatic N) is 1. The van der Waals surface area contributed by atoms with Crippen LogP contribution in [0.15, 0.2) is 24.3 Å². The van der Waals surface area contributed by atoms with Gasteiger partial charge in [-0.15, -0.1) is 0 Å².